The average Bonchev–Trinajstić information content (AvgIpc) is 3.65. The molecule has 9 nitrogen and oxygen atoms in total. The molecule has 11 heteroatoms. The van der Waals surface area contributed by atoms with Gasteiger partial charge in [0.15, 0.2) is 4.34 Å². The van der Waals surface area contributed by atoms with E-state index in [1.807, 2.05) is 24.3 Å². The highest BCUT2D eigenvalue weighted by Gasteiger charge is 2.23. The average molecular weight is 541 g/mol. The van der Waals surface area contributed by atoms with Gasteiger partial charge in [-0.25, -0.2) is 9.78 Å². The molecule has 0 radical (unpaired) electrons. The topological polar surface area (TPSA) is 102 Å². The molecule has 0 atom stereocenters. The Morgan fingerprint density at radius 2 is 2.08 bits per heavy atom. The normalized spacial score (nSPS) is 15.4. The standard InChI is InChI=1S/C26H32N6O3S2/c1-2-24-30-31-26(37-24)36-17-21-13-22(32-8-10-34-11-9-32)14-23(28-21)27-15-19-4-3-5-20(12-19)29-25(33)35-16-18-6-7-18/h3-5,12-14,18H,2,6-11,15-17H2,1H3,(H,27,28)(H,29,33). The van der Waals surface area contributed by atoms with Crippen molar-refractivity contribution < 1.29 is 14.3 Å². The van der Waals surface area contributed by atoms with Crippen LogP contribution in [0.25, 0.3) is 0 Å². The molecule has 2 aromatic heterocycles. The van der Waals surface area contributed by atoms with E-state index < -0.39 is 6.09 Å². The van der Waals surface area contributed by atoms with Crippen LogP contribution in [0.1, 0.15) is 36.0 Å². The molecule has 1 aromatic carbocycles. The smallest absolute Gasteiger partial charge is 0.411 e. The van der Waals surface area contributed by atoms with E-state index in [2.05, 4.69) is 44.8 Å². The van der Waals surface area contributed by atoms with Crippen molar-refractivity contribution in [3.63, 3.8) is 0 Å². The van der Waals surface area contributed by atoms with E-state index >= 15 is 0 Å². The summed E-state index contributed by atoms with van der Waals surface area (Å²) in [5, 5.41) is 15.9. The number of thioether (sulfide) groups is 1. The molecule has 0 spiro atoms. The van der Waals surface area contributed by atoms with Crippen LogP contribution in [0, 0.1) is 5.92 Å². The van der Waals surface area contributed by atoms with Crippen LogP contribution in [-0.2, 0) is 28.2 Å². The summed E-state index contributed by atoms with van der Waals surface area (Å²) in [5.74, 6) is 2.07. The first kappa shape index (κ1) is 25.7. The molecular weight excluding hydrogens is 508 g/mol. The first-order chi connectivity index (χ1) is 18.1. The number of benzene rings is 1. The van der Waals surface area contributed by atoms with Gasteiger partial charge in [0.05, 0.1) is 25.5 Å². The second-order valence-electron chi connectivity index (χ2n) is 9.13. The number of carbonyl (C=O) groups is 1. The van der Waals surface area contributed by atoms with Crippen molar-refractivity contribution >= 4 is 46.4 Å². The van der Waals surface area contributed by atoms with Crippen LogP contribution >= 0.6 is 23.1 Å². The van der Waals surface area contributed by atoms with Crippen molar-refractivity contribution in [3.05, 3.63) is 52.7 Å². The highest BCUT2D eigenvalue weighted by molar-refractivity contribution is 8.00. The first-order valence-corrected chi connectivity index (χ1v) is 14.5. The fourth-order valence-electron chi connectivity index (χ4n) is 3.90. The molecule has 1 saturated carbocycles. The summed E-state index contributed by atoms with van der Waals surface area (Å²) >= 11 is 3.31. The maximum atomic E-state index is 12.1. The third-order valence-electron chi connectivity index (χ3n) is 6.13. The van der Waals surface area contributed by atoms with Crippen LogP contribution in [0.2, 0.25) is 0 Å². The van der Waals surface area contributed by atoms with Gasteiger partial charge in [0.1, 0.15) is 10.8 Å². The summed E-state index contributed by atoms with van der Waals surface area (Å²) in [6.45, 7) is 6.33. The van der Waals surface area contributed by atoms with Gasteiger partial charge in [-0.2, -0.15) is 0 Å². The van der Waals surface area contributed by atoms with Gasteiger partial charge in [-0.15, -0.1) is 10.2 Å². The maximum Gasteiger partial charge on any atom is 0.411 e. The van der Waals surface area contributed by atoms with Crippen LogP contribution in [0.5, 0.6) is 0 Å². The number of anilines is 3. The number of aryl methyl sites for hydroxylation is 1. The number of aromatic nitrogens is 3. The molecule has 2 aliphatic rings. The summed E-state index contributed by atoms with van der Waals surface area (Å²) in [4.78, 5) is 19.3. The van der Waals surface area contributed by atoms with E-state index in [1.165, 1.54) is 0 Å². The van der Waals surface area contributed by atoms with E-state index in [0.29, 0.717) is 24.8 Å². The number of pyridine rings is 1. The Kier molecular flexibility index (Phi) is 8.75. The summed E-state index contributed by atoms with van der Waals surface area (Å²) in [7, 11) is 0. The third kappa shape index (κ3) is 7.80. The lowest BCUT2D eigenvalue weighted by Crippen LogP contribution is -2.36. The molecule has 3 heterocycles. The predicted octanol–water partition coefficient (Wildman–Crippen LogP) is 5.20. The van der Waals surface area contributed by atoms with E-state index in [4.69, 9.17) is 14.5 Å². The molecule has 0 bridgehead atoms. The van der Waals surface area contributed by atoms with E-state index in [1.54, 1.807) is 23.1 Å². The number of hydrogen-bond acceptors (Lipinski definition) is 10. The van der Waals surface area contributed by atoms with Crippen LogP contribution in [0.3, 0.4) is 0 Å². The number of amides is 1. The monoisotopic (exact) mass is 540 g/mol. The fourth-order valence-corrected chi connectivity index (χ4v) is 5.63. The zero-order valence-electron chi connectivity index (χ0n) is 20.9. The highest BCUT2D eigenvalue weighted by atomic mass is 32.2. The molecule has 2 N–H and O–H groups in total. The van der Waals surface area contributed by atoms with Gasteiger partial charge >= 0.3 is 6.09 Å². The van der Waals surface area contributed by atoms with Gasteiger partial charge in [0.2, 0.25) is 0 Å². The molecule has 3 aromatic rings. The minimum Gasteiger partial charge on any atom is -0.449 e. The second kappa shape index (κ2) is 12.6. The second-order valence-corrected chi connectivity index (χ2v) is 11.4. The van der Waals surface area contributed by atoms with Gasteiger partial charge in [-0.05, 0) is 48.9 Å². The Bertz CT molecular complexity index is 1200. The Morgan fingerprint density at radius 1 is 1.22 bits per heavy atom. The van der Waals surface area contributed by atoms with Gasteiger partial charge in [0, 0.05) is 42.8 Å². The lowest BCUT2D eigenvalue weighted by atomic mass is 10.2. The fraction of sp³-hybridized carbons (Fsp3) is 0.462. The maximum absolute atomic E-state index is 12.1. The molecule has 5 rings (SSSR count). The van der Waals surface area contributed by atoms with Crippen molar-refractivity contribution in [2.24, 2.45) is 5.92 Å². The van der Waals surface area contributed by atoms with Crippen LogP contribution in [-0.4, -0.2) is 54.2 Å². The van der Waals surface area contributed by atoms with Crippen LogP contribution in [0.15, 0.2) is 40.7 Å². The Balaban J connectivity index is 1.24. The number of morpholine rings is 1. The summed E-state index contributed by atoms with van der Waals surface area (Å²) in [6, 6.07) is 12.0. The van der Waals surface area contributed by atoms with Crippen molar-refractivity contribution in [2.45, 2.75) is 42.8 Å². The number of carbonyl (C=O) groups excluding carboxylic acids is 1. The van der Waals surface area contributed by atoms with E-state index in [9.17, 15) is 4.79 Å². The molecule has 1 amide bonds. The first-order valence-electron chi connectivity index (χ1n) is 12.7. The van der Waals surface area contributed by atoms with Gasteiger partial charge in [-0.1, -0.05) is 42.2 Å². The molecule has 0 unspecified atom stereocenters. The Hall–Kier alpha value is -2.89. The van der Waals surface area contributed by atoms with Gasteiger partial charge in [0.25, 0.3) is 0 Å². The predicted molar refractivity (Wildman–Crippen MR) is 148 cm³/mol. The molecule has 1 saturated heterocycles. The van der Waals surface area contributed by atoms with Crippen molar-refractivity contribution in [1.82, 2.24) is 15.2 Å². The summed E-state index contributed by atoms with van der Waals surface area (Å²) < 4.78 is 11.8. The third-order valence-corrected chi connectivity index (χ3v) is 8.36. The van der Waals surface area contributed by atoms with Gasteiger partial charge < -0.3 is 19.7 Å². The SMILES string of the molecule is CCc1nnc(SCc2cc(N3CCOCC3)cc(NCc3cccc(NC(=O)OCC4CC4)c3)n2)s1. The molecule has 1 aliphatic heterocycles. The summed E-state index contributed by atoms with van der Waals surface area (Å²) in [5.41, 5.74) is 3.88. The molecule has 37 heavy (non-hydrogen) atoms. The van der Waals surface area contributed by atoms with E-state index in [-0.39, 0.29) is 0 Å². The van der Waals surface area contributed by atoms with Crippen LogP contribution < -0.4 is 15.5 Å². The molecule has 196 valence electrons. The number of ether oxygens (including phenoxy) is 2. The number of nitrogens with one attached hydrogen (secondary N) is 2. The van der Waals surface area contributed by atoms with E-state index in [0.717, 1.165) is 83.4 Å². The Labute approximate surface area is 225 Å². The number of rotatable bonds is 11. The number of nitrogens with zero attached hydrogens (tertiary/aromatic N) is 4. The number of hydrogen-bond donors (Lipinski definition) is 2. The van der Waals surface area contributed by atoms with Gasteiger partial charge in [-0.3, -0.25) is 5.32 Å². The zero-order chi connectivity index (χ0) is 25.5. The minimum atomic E-state index is -0.402. The lowest BCUT2D eigenvalue weighted by molar-refractivity contribution is 0.122. The quantitative estimate of drug-likeness (QED) is 0.318. The largest absolute Gasteiger partial charge is 0.449 e. The van der Waals surface area contributed by atoms with Crippen molar-refractivity contribution in [3.8, 4) is 0 Å². The van der Waals surface area contributed by atoms with Crippen LogP contribution in [0.4, 0.5) is 22.0 Å². The lowest BCUT2D eigenvalue weighted by Gasteiger charge is -2.29. The minimum absolute atomic E-state index is 0.402. The van der Waals surface area contributed by atoms with Crippen molar-refractivity contribution in [1.29, 1.82) is 0 Å². The van der Waals surface area contributed by atoms with Crippen molar-refractivity contribution in [2.75, 3.05) is 48.4 Å². The molecular formula is C26H32N6O3S2. The zero-order valence-corrected chi connectivity index (χ0v) is 22.6. The molecule has 1 aliphatic carbocycles. The highest BCUT2D eigenvalue weighted by Crippen LogP contribution is 2.30. The Morgan fingerprint density at radius 3 is 2.86 bits per heavy atom. The summed E-state index contributed by atoms with van der Waals surface area (Å²) in [6.07, 6.45) is 2.80. The molecule has 2 fully saturated rings.